The van der Waals surface area contributed by atoms with Gasteiger partial charge in [0.05, 0.1) is 11.0 Å². The van der Waals surface area contributed by atoms with Gasteiger partial charge in [-0.3, -0.25) is 4.79 Å². The van der Waals surface area contributed by atoms with E-state index in [1.54, 1.807) is 0 Å². The number of amides is 3. The summed E-state index contributed by atoms with van der Waals surface area (Å²) in [5.41, 5.74) is 2.05. The van der Waals surface area contributed by atoms with Crippen molar-refractivity contribution in [2.75, 3.05) is 13.1 Å². The predicted molar refractivity (Wildman–Crippen MR) is 122 cm³/mol. The van der Waals surface area contributed by atoms with Gasteiger partial charge in [0.15, 0.2) is 0 Å². The van der Waals surface area contributed by atoms with Crippen LogP contribution in [0.15, 0.2) is 24.3 Å². The van der Waals surface area contributed by atoms with E-state index >= 15 is 0 Å². The molecule has 1 saturated carbocycles. The SMILES string of the molecule is CC(C)C(NC(=O)NC1CCCCC1)C(=O)N1CCC(c2nc3ccccc3[nH]2)CC1. The number of benzene rings is 1. The Bertz CT molecular complexity index is 861. The molecule has 0 radical (unpaired) electrons. The van der Waals surface area contributed by atoms with Crippen LogP contribution in [-0.2, 0) is 4.79 Å². The number of piperidine rings is 1. The zero-order valence-corrected chi connectivity index (χ0v) is 18.7. The quantitative estimate of drug-likeness (QED) is 0.678. The Labute approximate surface area is 184 Å². The molecule has 3 amide bonds. The molecule has 2 fully saturated rings. The molecule has 31 heavy (non-hydrogen) atoms. The molecular weight excluding hydrogens is 390 g/mol. The van der Waals surface area contributed by atoms with E-state index in [4.69, 9.17) is 4.98 Å². The van der Waals surface area contributed by atoms with E-state index in [0.29, 0.717) is 19.0 Å². The number of likely N-dealkylation sites (tertiary alicyclic amines) is 1. The molecule has 2 aliphatic rings. The predicted octanol–water partition coefficient (Wildman–Crippen LogP) is 3.93. The second-order valence-electron chi connectivity index (χ2n) is 9.41. The highest BCUT2D eigenvalue weighted by atomic mass is 16.2. The fourth-order valence-electron chi connectivity index (χ4n) is 4.86. The standard InChI is InChI=1S/C24H35N5O2/c1-16(2)21(28-24(31)25-18-8-4-3-5-9-18)23(30)29-14-12-17(13-15-29)22-26-19-10-6-7-11-20(19)27-22/h6-7,10-11,16-18,21H,3-5,8-9,12-15H2,1-2H3,(H,26,27)(H2,25,28,31). The van der Waals surface area contributed by atoms with Crippen LogP contribution >= 0.6 is 0 Å². The summed E-state index contributed by atoms with van der Waals surface area (Å²) in [5.74, 6) is 1.41. The van der Waals surface area contributed by atoms with Gasteiger partial charge in [0, 0.05) is 25.0 Å². The van der Waals surface area contributed by atoms with Crippen molar-refractivity contribution in [1.29, 1.82) is 0 Å². The summed E-state index contributed by atoms with van der Waals surface area (Å²) in [6.07, 6.45) is 7.40. The van der Waals surface area contributed by atoms with Crippen molar-refractivity contribution < 1.29 is 9.59 Å². The van der Waals surface area contributed by atoms with E-state index in [0.717, 1.165) is 55.4 Å². The number of H-pyrrole nitrogens is 1. The molecule has 1 unspecified atom stereocenters. The highest BCUT2D eigenvalue weighted by Crippen LogP contribution is 2.28. The molecular formula is C24H35N5O2. The maximum Gasteiger partial charge on any atom is 0.315 e. The number of aromatic amines is 1. The molecule has 0 spiro atoms. The first kappa shape index (κ1) is 21.7. The van der Waals surface area contributed by atoms with Crippen molar-refractivity contribution in [3.63, 3.8) is 0 Å². The third kappa shape index (κ3) is 5.20. The molecule has 1 aromatic carbocycles. The van der Waals surface area contributed by atoms with Crippen LogP contribution in [0.3, 0.4) is 0 Å². The third-order valence-electron chi connectivity index (χ3n) is 6.76. The molecule has 1 aliphatic heterocycles. The number of nitrogens with one attached hydrogen (secondary N) is 3. The Kier molecular flexibility index (Phi) is 6.78. The van der Waals surface area contributed by atoms with Gasteiger partial charge in [0.25, 0.3) is 0 Å². The summed E-state index contributed by atoms with van der Waals surface area (Å²) in [5, 5.41) is 6.03. The van der Waals surface area contributed by atoms with Crippen LogP contribution in [0.1, 0.15) is 70.5 Å². The van der Waals surface area contributed by atoms with E-state index < -0.39 is 6.04 Å². The number of rotatable bonds is 5. The zero-order chi connectivity index (χ0) is 21.8. The minimum Gasteiger partial charge on any atom is -0.342 e. The number of hydrogen-bond acceptors (Lipinski definition) is 3. The summed E-state index contributed by atoms with van der Waals surface area (Å²) >= 11 is 0. The van der Waals surface area contributed by atoms with Gasteiger partial charge in [0.1, 0.15) is 11.9 Å². The Morgan fingerprint density at radius 2 is 1.77 bits per heavy atom. The second-order valence-corrected chi connectivity index (χ2v) is 9.41. The van der Waals surface area contributed by atoms with E-state index in [1.165, 1.54) is 6.42 Å². The minimum absolute atomic E-state index is 0.0249. The minimum atomic E-state index is -0.494. The first-order valence-electron chi connectivity index (χ1n) is 11.8. The number of carbonyl (C=O) groups is 2. The molecule has 0 bridgehead atoms. The highest BCUT2D eigenvalue weighted by Gasteiger charge is 2.32. The number of imidazole rings is 1. The topological polar surface area (TPSA) is 90.1 Å². The molecule has 168 valence electrons. The summed E-state index contributed by atoms with van der Waals surface area (Å²) in [4.78, 5) is 35.8. The normalized spacial score (nSPS) is 19.5. The molecule has 2 heterocycles. The number of para-hydroxylation sites is 2. The molecule has 7 nitrogen and oxygen atoms in total. The van der Waals surface area contributed by atoms with E-state index in [9.17, 15) is 9.59 Å². The molecule has 1 aliphatic carbocycles. The second kappa shape index (κ2) is 9.71. The molecule has 3 N–H and O–H groups in total. The number of aromatic nitrogens is 2. The smallest absolute Gasteiger partial charge is 0.315 e. The molecule has 4 rings (SSSR count). The van der Waals surface area contributed by atoms with Gasteiger partial charge < -0.3 is 20.5 Å². The fraction of sp³-hybridized carbons (Fsp3) is 0.625. The first-order chi connectivity index (χ1) is 15.0. The Balaban J connectivity index is 1.32. The average molecular weight is 426 g/mol. The lowest BCUT2D eigenvalue weighted by molar-refractivity contribution is -0.135. The molecule has 1 saturated heterocycles. The summed E-state index contributed by atoms with van der Waals surface area (Å²) in [6, 6.07) is 7.60. The maximum atomic E-state index is 13.2. The summed E-state index contributed by atoms with van der Waals surface area (Å²) in [6.45, 7) is 5.36. The number of carbonyl (C=O) groups excluding carboxylic acids is 2. The van der Waals surface area contributed by atoms with Gasteiger partial charge >= 0.3 is 6.03 Å². The number of hydrogen-bond donors (Lipinski definition) is 3. The van der Waals surface area contributed by atoms with Crippen molar-refractivity contribution in [3.05, 3.63) is 30.1 Å². The first-order valence-corrected chi connectivity index (χ1v) is 11.8. The van der Waals surface area contributed by atoms with Crippen molar-refractivity contribution in [2.45, 2.75) is 76.8 Å². The highest BCUT2D eigenvalue weighted by molar-refractivity contribution is 5.87. The maximum absolute atomic E-state index is 13.2. The summed E-state index contributed by atoms with van der Waals surface area (Å²) in [7, 11) is 0. The van der Waals surface area contributed by atoms with Gasteiger partial charge in [-0.25, -0.2) is 9.78 Å². The molecule has 1 aromatic heterocycles. The van der Waals surface area contributed by atoms with Crippen LogP contribution in [0, 0.1) is 5.92 Å². The Morgan fingerprint density at radius 3 is 2.45 bits per heavy atom. The van der Waals surface area contributed by atoms with Crippen molar-refractivity contribution in [1.82, 2.24) is 25.5 Å². The van der Waals surface area contributed by atoms with Crippen LogP contribution in [-0.4, -0.2) is 52.0 Å². The monoisotopic (exact) mass is 425 g/mol. The fourth-order valence-corrected chi connectivity index (χ4v) is 4.86. The lowest BCUT2D eigenvalue weighted by Gasteiger charge is -2.35. The number of urea groups is 1. The summed E-state index contributed by atoms with van der Waals surface area (Å²) < 4.78 is 0. The Morgan fingerprint density at radius 1 is 1.06 bits per heavy atom. The average Bonchev–Trinajstić information content (AvgIpc) is 3.22. The molecule has 2 aromatic rings. The van der Waals surface area contributed by atoms with Gasteiger partial charge in [-0.2, -0.15) is 0 Å². The third-order valence-corrected chi connectivity index (χ3v) is 6.76. The van der Waals surface area contributed by atoms with E-state index in [2.05, 4.69) is 15.6 Å². The van der Waals surface area contributed by atoms with Crippen molar-refractivity contribution in [3.8, 4) is 0 Å². The van der Waals surface area contributed by atoms with Crippen LogP contribution < -0.4 is 10.6 Å². The molecule has 7 heteroatoms. The molecule has 1 atom stereocenters. The van der Waals surface area contributed by atoms with Gasteiger partial charge in [-0.05, 0) is 43.7 Å². The van der Waals surface area contributed by atoms with Crippen LogP contribution in [0.4, 0.5) is 4.79 Å². The van der Waals surface area contributed by atoms with Gasteiger partial charge in [-0.1, -0.05) is 45.2 Å². The van der Waals surface area contributed by atoms with Crippen LogP contribution in [0.5, 0.6) is 0 Å². The number of nitrogens with zero attached hydrogens (tertiary/aromatic N) is 2. The number of fused-ring (bicyclic) bond motifs is 1. The van der Waals surface area contributed by atoms with E-state index in [-0.39, 0.29) is 23.9 Å². The zero-order valence-electron chi connectivity index (χ0n) is 18.7. The van der Waals surface area contributed by atoms with Crippen LogP contribution in [0.25, 0.3) is 11.0 Å². The lowest BCUT2D eigenvalue weighted by Crippen LogP contribution is -2.56. The van der Waals surface area contributed by atoms with Gasteiger partial charge in [0.2, 0.25) is 5.91 Å². The Hall–Kier alpha value is -2.57. The largest absolute Gasteiger partial charge is 0.342 e. The lowest BCUT2D eigenvalue weighted by atomic mass is 9.94. The van der Waals surface area contributed by atoms with Crippen molar-refractivity contribution in [2.24, 2.45) is 5.92 Å². The van der Waals surface area contributed by atoms with Crippen LogP contribution in [0.2, 0.25) is 0 Å². The van der Waals surface area contributed by atoms with E-state index in [1.807, 2.05) is 43.0 Å². The van der Waals surface area contributed by atoms with Gasteiger partial charge in [-0.15, -0.1) is 0 Å². The van der Waals surface area contributed by atoms with Crippen molar-refractivity contribution >= 4 is 23.0 Å².